The van der Waals surface area contributed by atoms with Crippen LogP contribution in [-0.4, -0.2) is 55.0 Å². The molecular weight excluding hydrogens is 576 g/mol. The summed E-state index contributed by atoms with van der Waals surface area (Å²) in [5, 5.41) is 0. The molecule has 1 aromatic carbocycles. The molecule has 9 nitrogen and oxygen atoms in total. The Labute approximate surface area is 252 Å². The van der Waals surface area contributed by atoms with Gasteiger partial charge < -0.3 is 24.5 Å². The number of nitrogen functional groups attached to an aromatic ring is 1. The molecule has 0 aliphatic heterocycles. The molecule has 2 aromatic heterocycles. The number of ether oxygens (including phenoxy) is 1. The van der Waals surface area contributed by atoms with Gasteiger partial charge in [-0.25, -0.2) is 19.3 Å². The van der Waals surface area contributed by atoms with Crippen LogP contribution < -0.4 is 5.73 Å². The van der Waals surface area contributed by atoms with E-state index in [9.17, 15) is 13.8 Å². The van der Waals surface area contributed by atoms with Crippen LogP contribution in [0.1, 0.15) is 76.7 Å². The molecule has 3 aromatic rings. The molecular formula is C30H43FN5O4PS. The van der Waals surface area contributed by atoms with Gasteiger partial charge in [0.05, 0.1) is 25.6 Å². The molecule has 0 saturated heterocycles. The Hall–Kier alpha value is -2.48. The van der Waals surface area contributed by atoms with Crippen molar-refractivity contribution in [2.45, 2.75) is 83.8 Å². The van der Waals surface area contributed by atoms with E-state index in [-0.39, 0.29) is 24.9 Å². The maximum Gasteiger partial charge on any atom is 0.353 e. The van der Waals surface area contributed by atoms with Gasteiger partial charge in [-0.15, -0.1) is 0 Å². The van der Waals surface area contributed by atoms with Crippen molar-refractivity contribution >= 4 is 36.3 Å². The third-order valence-electron chi connectivity index (χ3n) is 6.53. The highest BCUT2D eigenvalue weighted by molar-refractivity contribution is 7.99. The first kappa shape index (κ1) is 34.0. The second kappa shape index (κ2) is 18.9. The lowest BCUT2D eigenvalue weighted by molar-refractivity contribution is 0.0718. The van der Waals surface area contributed by atoms with Crippen LogP contribution in [0.3, 0.4) is 0 Å². The molecule has 0 bridgehead atoms. The molecule has 3 rings (SSSR count). The summed E-state index contributed by atoms with van der Waals surface area (Å²) >= 11 is 1.86. The van der Waals surface area contributed by atoms with Gasteiger partial charge in [0.2, 0.25) is 0 Å². The highest BCUT2D eigenvalue weighted by Gasteiger charge is 2.21. The van der Waals surface area contributed by atoms with Gasteiger partial charge in [0.1, 0.15) is 24.0 Å². The molecule has 42 heavy (non-hydrogen) atoms. The van der Waals surface area contributed by atoms with Crippen LogP contribution >= 0.6 is 19.4 Å². The molecule has 0 aliphatic rings. The van der Waals surface area contributed by atoms with Gasteiger partial charge in [0.25, 0.3) is 0 Å². The minimum Gasteiger partial charge on any atom is -0.382 e. The van der Waals surface area contributed by atoms with E-state index in [2.05, 4.69) is 26.8 Å². The molecule has 1 unspecified atom stereocenters. The topological polar surface area (TPSA) is 125 Å². The van der Waals surface area contributed by atoms with E-state index in [0.717, 1.165) is 36.3 Å². The lowest BCUT2D eigenvalue weighted by Crippen LogP contribution is -2.17. The minimum absolute atomic E-state index is 0.233. The van der Waals surface area contributed by atoms with Crippen LogP contribution in [0, 0.1) is 17.7 Å². The number of rotatable bonds is 20. The molecule has 2 heterocycles. The highest BCUT2D eigenvalue weighted by Crippen LogP contribution is 2.42. The van der Waals surface area contributed by atoms with Gasteiger partial charge in [0, 0.05) is 12.0 Å². The Balaban J connectivity index is 1.10. The van der Waals surface area contributed by atoms with Gasteiger partial charge in [-0.2, -0.15) is 11.8 Å². The maximum absolute atomic E-state index is 13.1. The zero-order chi connectivity index (χ0) is 30.0. The van der Waals surface area contributed by atoms with Crippen molar-refractivity contribution in [2.24, 2.45) is 0 Å². The summed E-state index contributed by atoms with van der Waals surface area (Å²) in [4.78, 5) is 22.4. The maximum atomic E-state index is 13.1. The second-order valence-electron chi connectivity index (χ2n) is 10.3. The number of thioether (sulfide) groups is 1. The SMILES string of the molecule is C[C@H](Cn1cnc2c(N)ncnc21)OCP(=O)(O)OCCCSCCCCCCCCCCC#Cc1cccc(F)c1. The van der Waals surface area contributed by atoms with Crippen LogP contribution in [0.15, 0.2) is 36.9 Å². The first-order chi connectivity index (χ1) is 20.3. The predicted octanol–water partition coefficient (Wildman–Crippen LogP) is 6.80. The van der Waals surface area contributed by atoms with Crippen LogP contribution in [0.25, 0.3) is 11.2 Å². The molecule has 230 valence electrons. The lowest BCUT2D eigenvalue weighted by atomic mass is 10.1. The van der Waals surface area contributed by atoms with Crippen molar-refractivity contribution in [1.82, 2.24) is 19.5 Å². The first-order valence-electron chi connectivity index (χ1n) is 14.7. The fraction of sp³-hybridized carbons (Fsp3) is 0.567. The average molecular weight is 620 g/mol. The van der Waals surface area contributed by atoms with Crippen molar-refractivity contribution in [3.63, 3.8) is 0 Å². The van der Waals surface area contributed by atoms with Crippen molar-refractivity contribution in [1.29, 1.82) is 0 Å². The molecule has 0 saturated carbocycles. The summed E-state index contributed by atoms with van der Waals surface area (Å²) < 4.78 is 38.0. The van der Waals surface area contributed by atoms with Crippen molar-refractivity contribution in [3.05, 3.63) is 48.3 Å². The number of nitrogens with two attached hydrogens (primary N) is 1. The number of aromatic nitrogens is 4. The number of anilines is 1. The Kier molecular flexibility index (Phi) is 15.3. The lowest BCUT2D eigenvalue weighted by Gasteiger charge is -2.17. The smallest absolute Gasteiger partial charge is 0.353 e. The van der Waals surface area contributed by atoms with Crippen LogP contribution in [0.5, 0.6) is 0 Å². The van der Waals surface area contributed by atoms with E-state index >= 15 is 0 Å². The Bertz CT molecular complexity index is 1330. The summed E-state index contributed by atoms with van der Waals surface area (Å²) in [7, 11) is -3.82. The Morgan fingerprint density at radius 2 is 1.81 bits per heavy atom. The number of hydrogen-bond acceptors (Lipinski definition) is 8. The van der Waals surface area contributed by atoms with Crippen LogP contribution in [-0.2, 0) is 20.4 Å². The Morgan fingerprint density at radius 1 is 1.07 bits per heavy atom. The van der Waals surface area contributed by atoms with Gasteiger partial charge in [-0.05, 0) is 55.9 Å². The number of unbranched alkanes of at least 4 members (excludes halogenated alkanes) is 8. The monoisotopic (exact) mass is 619 g/mol. The van der Waals surface area contributed by atoms with Crippen molar-refractivity contribution in [3.8, 4) is 11.8 Å². The summed E-state index contributed by atoms with van der Waals surface area (Å²) in [5.41, 5.74) is 7.66. The number of nitrogens with zero attached hydrogens (tertiary/aromatic N) is 4. The second-order valence-corrected chi connectivity index (χ2v) is 13.3. The highest BCUT2D eigenvalue weighted by atomic mass is 32.2. The van der Waals surface area contributed by atoms with Gasteiger partial charge in [-0.1, -0.05) is 56.4 Å². The quantitative estimate of drug-likeness (QED) is 0.0798. The molecule has 0 spiro atoms. The van der Waals surface area contributed by atoms with Gasteiger partial charge in [0.15, 0.2) is 11.5 Å². The molecule has 3 N–H and O–H groups in total. The largest absolute Gasteiger partial charge is 0.382 e. The zero-order valence-electron chi connectivity index (χ0n) is 24.4. The zero-order valence-corrected chi connectivity index (χ0v) is 26.1. The standard InChI is InChI=1S/C30H43FN5O4PS/c1-25(21-36-23-35-28-29(32)33-22-34-30(28)36)39-24-41(37,38)40-17-13-19-42-18-11-9-7-5-3-2-4-6-8-10-14-26-15-12-16-27(31)20-26/h12,15-16,20,22-23,25H,2-9,11,13,17-19,21,24H2,1H3,(H,37,38)(H2,32,33,34)/t25-/m1/s1. The number of halogens is 1. The summed E-state index contributed by atoms with van der Waals surface area (Å²) in [6, 6.07) is 6.42. The minimum atomic E-state index is -3.82. The molecule has 2 atom stereocenters. The summed E-state index contributed by atoms with van der Waals surface area (Å²) in [6.07, 6.45) is 13.6. The normalized spacial score (nSPS) is 13.5. The molecule has 0 fully saturated rings. The van der Waals surface area contributed by atoms with E-state index in [0.29, 0.717) is 23.5 Å². The third-order valence-corrected chi connectivity index (χ3v) is 8.75. The fourth-order valence-electron chi connectivity index (χ4n) is 4.30. The van der Waals surface area contributed by atoms with E-state index in [1.807, 2.05) is 24.8 Å². The number of benzene rings is 1. The van der Waals surface area contributed by atoms with E-state index < -0.39 is 7.60 Å². The molecule has 12 heteroatoms. The van der Waals surface area contributed by atoms with Crippen molar-refractivity contribution in [2.75, 3.05) is 30.2 Å². The molecule has 0 amide bonds. The van der Waals surface area contributed by atoms with E-state index in [1.165, 1.54) is 63.4 Å². The average Bonchev–Trinajstić information content (AvgIpc) is 3.37. The van der Waals surface area contributed by atoms with E-state index in [4.69, 9.17) is 15.0 Å². The Morgan fingerprint density at radius 3 is 2.60 bits per heavy atom. The fourth-order valence-corrected chi connectivity index (χ4v) is 6.17. The van der Waals surface area contributed by atoms with E-state index in [1.54, 1.807) is 17.0 Å². The predicted molar refractivity (Wildman–Crippen MR) is 168 cm³/mol. The summed E-state index contributed by atoms with van der Waals surface area (Å²) in [5.74, 6) is 8.22. The first-order valence-corrected chi connectivity index (χ1v) is 17.6. The number of imidazole rings is 1. The van der Waals surface area contributed by atoms with Crippen LogP contribution in [0.4, 0.5) is 10.2 Å². The molecule has 0 radical (unpaired) electrons. The number of hydrogen-bond donors (Lipinski definition) is 2. The summed E-state index contributed by atoms with van der Waals surface area (Å²) in [6.45, 7) is 2.44. The van der Waals surface area contributed by atoms with Crippen molar-refractivity contribution < 1.29 is 23.1 Å². The third kappa shape index (κ3) is 13.2. The van der Waals surface area contributed by atoms with Crippen LogP contribution in [0.2, 0.25) is 0 Å². The molecule has 0 aliphatic carbocycles. The number of fused-ring (bicyclic) bond motifs is 1. The van der Waals surface area contributed by atoms with Gasteiger partial charge >= 0.3 is 7.60 Å². The van der Waals surface area contributed by atoms with Gasteiger partial charge in [-0.3, -0.25) is 4.57 Å².